The number of hydrogen-bond acceptors (Lipinski definition) is 4. The van der Waals surface area contributed by atoms with Crippen LogP contribution in [0.15, 0.2) is 5.16 Å². The molecule has 0 fully saturated rings. The molecule has 0 aliphatic rings. The van der Waals surface area contributed by atoms with Crippen molar-refractivity contribution in [1.82, 2.24) is 4.90 Å². The van der Waals surface area contributed by atoms with Crippen LogP contribution >= 0.6 is 0 Å². The van der Waals surface area contributed by atoms with E-state index < -0.39 is 5.41 Å². The number of rotatable bonds is 9. The molecule has 4 N–H and O–H groups in total. The van der Waals surface area contributed by atoms with Gasteiger partial charge in [-0.1, -0.05) is 32.9 Å². The average Bonchev–Trinajstić information content (AvgIpc) is 2.48. The van der Waals surface area contributed by atoms with Gasteiger partial charge < -0.3 is 20.9 Å². The van der Waals surface area contributed by atoms with E-state index in [-0.39, 0.29) is 30.9 Å². The molecule has 0 saturated heterocycles. The lowest BCUT2D eigenvalue weighted by molar-refractivity contribution is -0.142. The number of nitrogens with zero attached hydrogens (tertiary/aromatic N) is 2. The van der Waals surface area contributed by atoms with Gasteiger partial charge in [-0.15, -0.1) is 0 Å². The first kappa shape index (κ1) is 18.7. The van der Waals surface area contributed by atoms with Crippen LogP contribution < -0.4 is 5.73 Å². The minimum Gasteiger partial charge on any atom is -0.409 e. The molecule has 0 atom stereocenters. The molecular weight excluding hydrogens is 258 g/mol. The molecule has 0 aliphatic heterocycles. The zero-order valence-corrected chi connectivity index (χ0v) is 13.1. The predicted octanol–water partition coefficient (Wildman–Crippen LogP) is 1.55. The minimum atomic E-state index is -0.994. The maximum Gasteiger partial charge on any atom is 0.236 e. The van der Waals surface area contributed by atoms with Gasteiger partial charge in [0.05, 0.1) is 6.61 Å². The van der Waals surface area contributed by atoms with Gasteiger partial charge >= 0.3 is 0 Å². The number of oxime groups is 1. The molecule has 0 spiro atoms. The molecular formula is C14H29N3O3. The van der Waals surface area contributed by atoms with Gasteiger partial charge in [0.2, 0.25) is 5.91 Å². The Morgan fingerprint density at radius 2 is 1.75 bits per heavy atom. The number of hydrogen-bond donors (Lipinski definition) is 3. The van der Waals surface area contributed by atoms with Gasteiger partial charge in [0, 0.05) is 12.6 Å². The van der Waals surface area contributed by atoms with E-state index in [9.17, 15) is 9.90 Å². The van der Waals surface area contributed by atoms with Gasteiger partial charge in [-0.2, -0.15) is 0 Å². The Balaban J connectivity index is 5.58. The highest BCUT2D eigenvalue weighted by molar-refractivity contribution is 6.06. The van der Waals surface area contributed by atoms with Crippen LogP contribution in [0.25, 0.3) is 0 Å². The highest BCUT2D eigenvalue weighted by atomic mass is 16.4. The monoisotopic (exact) mass is 287 g/mol. The van der Waals surface area contributed by atoms with E-state index in [1.807, 2.05) is 27.7 Å². The van der Waals surface area contributed by atoms with Gasteiger partial charge in [-0.3, -0.25) is 4.79 Å². The second kappa shape index (κ2) is 8.79. The molecule has 0 bridgehead atoms. The summed E-state index contributed by atoms with van der Waals surface area (Å²) in [6, 6.07) is 0.0543. The summed E-state index contributed by atoms with van der Waals surface area (Å²) in [6.07, 6.45) is 2.53. The van der Waals surface area contributed by atoms with Crippen molar-refractivity contribution >= 4 is 11.7 Å². The number of carbonyl (C=O) groups excluding carboxylic acids is 1. The van der Waals surface area contributed by atoms with E-state index in [1.165, 1.54) is 0 Å². The summed E-state index contributed by atoms with van der Waals surface area (Å²) in [6.45, 7) is 7.89. The lowest BCUT2D eigenvalue weighted by Gasteiger charge is -2.38. The van der Waals surface area contributed by atoms with Crippen LogP contribution in [0.4, 0.5) is 0 Å². The Morgan fingerprint density at radius 1 is 1.25 bits per heavy atom. The van der Waals surface area contributed by atoms with Crippen LogP contribution in [0.2, 0.25) is 0 Å². The molecule has 1 amide bonds. The Bertz CT molecular complexity index is 324. The lowest BCUT2D eigenvalue weighted by atomic mass is 9.79. The zero-order chi connectivity index (χ0) is 15.8. The topological polar surface area (TPSA) is 99.2 Å². The fourth-order valence-electron chi connectivity index (χ4n) is 2.68. The number of aliphatic hydroxyl groups is 1. The lowest BCUT2D eigenvalue weighted by Crippen LogP contribution is -2.54. The summed E-state index contributed by atoms with van der Waals surface area (Å²) in [7, 11) is 0. The molecule has 0 aromatic carbocycles. The molecule has 0 aromatic rings. The van der Waals surface area contributed by atoms with Crippen LogP contribution in [0, 0.1) is 5.41 Å². The molecule has 118 valence electrons. The first-order chi connectivity index (χ1) is 9.48. The van der Waals surface area contributed by atoms with E-state index in [1.54, 1.807) is 4.90 Å². The van der Waals surface area contributed by atoms with Crippen LogP contribution in [-0.2, 0) is 4.79 Å². The van der Waals surface area contributed by atoms with Crippen molar-refractivity contribution < 1.29 is 15.1 Å². The Morgan fingerprint density at radius 3 is 2.05 bits per heavy atom. The fraction of sp³-hybridized carbons (Fsp3) is 0.857. The van der Waals surface area contributed by atoms with Crippen molar-refractivity contribution in [3.8, 4) is 0 Å². The summed E-state index contributed by atoms with van der Waals surface area (Å²) in [4.78, 5) is 14.6. The second-order valence-electron chi connectivity index (χ2n) is 4.97. The first-order valence-corrected chi connectivity index (χ1v) is 7.38. The van der Waals surface area contributed by atoms with E-state index >= 15 is 0 Å². The Labute approximate surface area is 121 Å². The molecule has 0 aliphatic carbocycles. The van der Waals surface area contributed by atoms with Crippen molar-refractivity contribution in [2.75, 3.05) is 13.2 Å². The molecule has 6 nitrogen and oxygen atoms in total. The normalized spacial score (nSPS) is 12.8. The first-order valence-electron chi connectivity index (χ1n) is 7.38. The van der Waals surface area contributed by atoms with Gasteiger partial charge in [0.15, 0.2) is 5.84 Å². The standard InChI is InChI=1S/C14H29N3O3/c1-5-11(6-2)17(9-10-18)13(19)14(7-3,8-4)12(15)16-20/h11,18,20H,5-10H2,1-4H3,(H2,15,16). The van der Waals surface area contributed by atoms with Crippen molar-refractivity contribution in [3.63, 3.8) is 0 Å². The third-order valence-electron chi connectivity index (χ3n) is 4.20. The minimum absolute atomic E-state index is 0.0543. The fourth-order valence-corrected chi connectivity index (χ4v) is 2.68. The third-order valence-corrected chi connectivity index (χ3v) is 4.20. The number of nitrogens with two attached hydrogens (primary N) is 1. The van der Waals surface area contributed by atoms with Crippen LogP contribution in [0.1, 0.15) is 53.4 Å². The SMILES string of the molecule is CCC(CC)N(CCO)C(=O)C(CC)(CC)C(N)=NO. The zero-order valence-electron chi connectivity index (χ0n) is 13.1. The second-order valence-corrected chi connectivity index (χ2v) is 4.97. The summed E-state index contributed by atoms with van der Waals surface area (Å²) in [5.41, 5.74) is 4.79. The number of amides is 1. The summed E-state index contributed by atoms with van der Waals surface area (Å²) in [5, 5.41) is 21.3. The van der Waals surface area contributed by atoms with Gasteiger partial charge in [-0.25, -0.2) is 0 Å². The van der Waals surface area contributed by atoms with Gasteiger partial charge in [0.1, 0.15) is 5.41 Å². The number of carbonyl (C=O) groups is 1. The highest BCUT2D eigenvalue weighted by Crippen LogP contribution is 2.31. The van der Waals surface area contributed by atoms with E-state index in [4.69, 9.17) is 10.9 Å². The average molecular weight is 287 g/mol. The summed E-state index contributed by atoms with van der Waals surface area (Å²) >= 11 is 0. The van der Waals surface area contributed by atoms with Crippen LogP contribution in [0.5, 0.6) is 0 Å². The van der Waals surface area contributed by atoms with Crippen LogP contribution in [0.3, 0.4) is 0 Å². The van der Waals surface area contributed by atoms with E-state index in [0.29, 0.717) is 12.8 Å². The van der Waals surface area contributed by atoms with Crippen molar-refractivity contribution in [1.29, 1.82) is 0 Å². The maximum absolute atomic E-state index is 12.9. The van der Waals surface area contributed by atoms with E-state index in [0.717, 1.165) is 12.8 Å². The van der Waals surface area contributed by atoms with Gasteiger partial charge in [-0.05, 0) is 25.7 Å². The Hall–Kier alpha value is -1.30. The molecule has 0 heterocycles. The van der Waals surface area contributed by atoms with Crippen LogP contribution in [-0.4, -0.2) is 46.1 Å². The van der Waals surface area contributed by atoms with E-state index in [2.05, 4.69) is 5.16 Å². The third kappa shape index (κ3) is 3.62. The summed E-state index contributed by atoms with van der Waals surface area (Å²) < 4.78 is 0. The number of aliphatic hydroxyl groups excluding tert-OH is 1. The molecule has 0 rings (SSSR count). The van der Waals surface area contributed by atoms with Crippen molar-refractivity contribution in [2.45, 2.75) is 59.4 Å². The quantitative estimate of drug-likeness (QED) is 0.259. The molecule has 6 heteroatoms. The molecule has 0 radical (unpaired) electrons. The van der Waals surface area contributed by atoms with Gasteiger partial charge in [0.25, 0.3) is 0 Å². The molecule has 0 aromatic heterocycles. The highest BCUT2D eigenvalue weighted by Gasteiger charge is 2.43. The van der Waals surface area contributed by atoms with Crippen molar-refractivity contribution in [3.05, 3.63) is 0 Å². The largest absolute Gasteiger partial charge is 0.409 e. The number of amidine groups is 1. The summed E-state index contributed by atoms with van der Waals surface area (Å²) in [5.74, 6) is -0.220. The molecule has 20 heavy (non-hydrogen) atoms. The van der Waals surface area contributed by atoms with Crippen molar-refractivity contribution in [2.24, 2.45) is 16.3 Å². The maximum atomic E-state index is 12.9. The molecule has 0 unspecified atom stereocenters. The smallest absolute Gasteiger partial charge is 0.236 e. The predicted molar refractivity (Wildman–Crippen MR) is 79.6 cm³/mol. The molecule has 0 saturated carbocycles. The Kier molecular flexibility index (Phi) is 8.22.